The normalized spacial score (nSPS) is 10.6. The smallest absolute Gasteiger partial charge is 0.221 e. The molecule has 1 aromatic rings. The number of hydrogen-bond donors (Lipinski definition) is 3. The summed E-state index contributed by atoms with van der Waals surface area (Å²) in [5, 5.41) is 5.79. The maximum absolute atomic E-state index is 11.3. The van der Waals surface area contributed by atoms with Crippen LogP contribution in [0.2, 0.25) is 0 Å². The van der Waals surface area contributed by atoms with Crippen molar-refractivity contribution < 1.29 is 4.79 Å². The van der Waals surface area contributed by atoms with Crippen molar-refractivity contribution in [1.29, 1.82) is 0 Å². The summed E-state index contributed by atoms with van der Waals surface area (Å²) >= 11 is 0. The number of nitrogens with zero attached hydrogens (tertiary/aromatic N) is 1. The number of carbonyl (C=O) groups excluding carboxylic acids is 1. The summed E-state index contributed by atoms with van der Waals surface area (Å²) in [5.74, 6) is 0.336. The molecule has 1 amide bonds. The Morgan fingerprint density at radius 2 is 2.15 bits per heavy atom. The van der Waals surface area contributed by atoms with Gasteiger partial charge in [-0.3, -0.25) is 9.79 Å². The number of rotatable bonds is 6. The van der Waals surface area contributed by atoms with Crippen LogP contribution in [0.15, 0.2) is 29.3 Å². The average molecular weight is 390 g/mol. The summed E-state index contributed by atoms with van der Waals surface area (Å²) in [5.41, 5.74) is 7.80. The number of halogens is 1. The maximum atomic E-state index is 11.3. The first-order chi connectivity index (χ1) is 9.11. The molecule has 20 heavy (non-hydrogen) atoms. The molecule has 0 spiro atoms. The molecular weight excluding hydrogens is 367 g/mol. The average Bonchev–Trinajstić information content (AvgIpc) is 2.36. The fraction of sp³-hybridized carbons (Fsp3) is 0.429. The fourth-order valence-corrected chi connectivity index (χ4v) is 1.54. The molecule has 0 aliphatic heterocycles. The first-order valence-electron chi connectivity index (χ1n) is 6.52. The molecule has 0 aliphatic carbocycles. The van der Waals surface area contributed by atoms with Gasteiger partial charge in [0.25, 0.3) is 0 Å². The number of aryl methyl sites for hydroxylation is 1. The molecular formula is C14H23IN4O. The van der Waals surface area contributed by atoms with Gasteiger partial charge in [-0.25, -0.2) is 0 Å². The van der Waals surface area contributed by atoms with Crippen LogP contribution in [0.4, 0.5) is 5.69 Å². The van der Waals surface area contributed by atoms with E-state index in [9.17, 15) is 4.79 Å². The fourth-order valence-electron chi connectivity index (χ4n) is 1.54. The second-order valence-electron chi connectivity index (χ2n) is 4.36. The van der Waals surface area contributed by atoms with E-state index in [0.29, 0.717) is 25.5 Å². The highest BCUT2D eigenvalue weighted by Gasteiger charge is 1.99. The van der Waals surface area contributed by atoms with Crippen molar-refractivity contribution in [3.05, 3.63) is 29.8 Å². The number of aliphatic imine (C=N–C) groups is 1. The Morgan fingerprint density at radius 3 is 2.80 bits per heavy atom. The summed E-state index contributed by atoms with van der Waals surface area (Å²) in [6, 6.07) is 7.86. The van der Waals surface area contributed by atoms with E-state index in [-0.39, 0.29) is 29.9 Å². The highest BCUT2D eigenvalue weighted by atomic mass is 127. The third kappa shape index (κ3) is 7.98. The van der Waals surface area contributed by atoms with E-state index in [1.165, 1.54) is 0 Å². The van der Waals surface area contributed by atoms with Gasteiger partial charge in [-0.1, -0.05) is 19.1 Å². The van der Waals surface area contributed by atoms with E-state index < -0.39 is 0 Å². The molecule has 0 atom stereocenters. The van der Waals surface area contributed by atoms with Crippen molar-refractivity contribution in [2.45, 2.75) is 26.7 Å². The van der Waals surface area contributed by atoms with Gasteiger partial charge in [0.2, 0.25) is 5.91 Å². The predicted molar refractivity (Wildman–Crippen MR) is 94.6 cm³/mol. The molecule has 0 radical (unpaired) electrons. The van der Waals surface area contributed by atoms with Gasteiger partial charge in [-0.15, -0.1) is 24.0 Å². The second kappa shape index (κ2) is 10.5. The quantitative estimate of drug-likeness (QED) is 0.396. The second-order valence-corrected chi connectivity index (χ2v) is 4.36. The molecule has 1 aromatic carbocycles. The van der Waals surface area contributed by atoms with Gasteiger partial charge in [-0.05, 0) is 31.0 Å². The number of nitrogens with two attached hydrogens (primary N) is 1. The zero-order chi connectivity index (χ0) is 14.1. The molecule has 0 heterocycles. The molecule has 6 heteroatoms. The van der Waals surface area contributed by atoms with Crippen molar-refractivity contribution in [3.8, 4) is 0 Å². The lowest BCUT2D eigenvalue weighted by Gasteiger charge is -2.06. The Kier molecular flexibility index (Phi) is 9.79. The van der Waals surface area contributed by atoms with Gasteiger partial charge in [0.15, 0.2) is 5.96 Å². The predicted octanol–water partition coefficient (Wildman–Crippen LogP) is 2.26. The topological polar surface area (TPSA) is 79.5 Å². The van der Waals surface area contributed by atoms with E-state index in [2.05, 4.69) is 15.6 Å². The van der Waals surface area contributed by atoms with Crippen molar-refractivity contribution in [3.63, 3.8) is 0 Å². The van der Waals surface area contributed by atoms with Crippen LogP contribution in [0.5, 0.6) is 0 Å². The summed E-state index contributed by atoms with van der Waals surface area (Å²) in [6.45, 7) is 5.12. The molecule has 112 valence electrons. The van der Waals surface area contributed by atoms with Crippen LogP contribution >= 0.6 is 24.0 Å². The van der Waals surface area contributed by atoms with Gasteiger partial charge >= 0.3 is 0 Å². The maximum Gasteiger partial charge on any atom is 0.221 e. The van der Waals surface area contributed by atoms with Gasteiger partial charge in [0.1, 0.15) is 0 Å². The van der Waals surface area contributed by atoms with Crippen LogP contribution in [0.25, 0.3) is 0 Å². The minimum absolute atomic E-state index is 0. The van der Waals surface area contributed by atoms with Crippen molar-refractivity contribution >= 4 is 41.5 Å². The highest BCUT2D eigenvalue weighted by Crippen LogP contribution is 2.08. The Hall–Kier alpha value is -1.31. The Bertz CT molecular complexity index is 449. The lowest BCUT2D eigenvalue weighted by atomic mass is 10.2. The lowest BCUT2D eigenvalue weighted by Crippen LogP contribution is -2.26. The number of carbonyl (C=O) groups is 1. The molecule has 0 fully saturated rings. The standard InChI is InChI=1S/C14H22N4O.HI/c1-3-8-16-13(19)7-9-17-14(15)18-12-6-4-5-11(2)10-12;/h4-6,10H,3,7-9H2,1-2H3,(H,16,19)(H3,15,17,18);1H. The zero-order valence-electron chi connectivity index (χ0n) is 12.0. The number of hydrogen-bond acceptors (Lipinski definition) is 2. The molecule has 5 nitrogen and oxygen atoms in total. The molecule has 0 saturated carbocycles. The summed E-state index contributed by atoms with van der Waals surface area (Å²) in [6.07, 6.45) is 1.29. The van der Waals surface area contributed by atoms with Crippen LogP contribution in [0, 0.1) is 6.92 Å². The molecule has 0 bridgehead atoms. The van der Waals surface area contributed by atoms with E-state index in [4.69, 9.17) is 5.73 Å². The van der Waals surface area contributed by atoms with Crippen molar-refractivity contribution in [2.75, 3.05) is 18.4 Å². The number of anilines is 1. The Labute approximate surface area is 137 Å². The van der Waals surface area contributed by atoms with Gasteiger partial charge in [0, 0.05) is 18.7 Å². The monoisotopic (exact) mass is 390 g/mol. The van der Waals surface area contributed by atoms with Gasteiger partial charge < -0.3 is 16.4 Å². The Morgan fingerprint density at radius 1 is 1.40 bits per heavy atom. The number of nitrogens with one attached hydrogen (secondary N) is 2. The lowest BCUT2D eigenvalue weighted by molar-refractivity contribution is -0.120. The molecule has 0 aliphatic rings. The highest BCUT2D eigenvalue weighted by molar-refractivity contribution is 14.0. The van der Waals surface area contributed by atoms with Crippen molar-refractivity contribution in [2.24, 2.45) is 10.7 Å². The summed E-state index contributed by atoms with van der Waals surface area (Å²) < 4.78 is 0. The van der Waals surface area contributed by atoms with Gasteiger partial charge in [0.05, 0.1) is 6.54 Å². The first-order valence-corrected chi connectivity index (χ1v) is 6.52. The SMILES string of the molecule is CCCNC(=O)CCN=C(N)Nc1cccc(C)c1.I. The third-order valence-electron chi connectivity index (χ3n) is 2.48. The van der Waals surface area contributed by atoms with E-state index in [1.54, 1.807) is 0 Å². The van der Waals surface area contributed by atoms with Crippen LogP contribution in [-0.2, 0) is 4.79 Å². The molecule has 0 unspecified atom stereocenters. The minimum atomic E-state index is 0. The van der Waals surface area contributed by atoms with E-state index >= 15 is 0 Å². The Balaban J connectivity index is 0.00000361. The van der Waals surface area contributed by atoms with Crippen LogP contribution in [0.1, 0.15) is 25.3 Å². The first kappa shape index (κ1) is 18.7. The van der Waals surface area contributed by atoms with Crippen molar-refractivity contribution in [1.82, 2.24) is 5.32 Å². The molecule has 0 saturated heterocycles. The number of amides is 1. The minimum Gasteiger partial charge on any atom is -0.370 e. The van der Waals surface area contributed by atoms with Crippen LogP contribution in [-0.4, -0.2) is 25.0 Å². The molecule has 0 aromatic heterocycles. The number of guanidine groups is 1. The van der Waals surface area contributed by atoms with Crippen LogP contribution in [0.3, 0.4) is 0 Å². The third-order valence-corrected chi connectivity index (χ3v) is 2.48. The zero-order valence-corrected chi connectivity index (χ0v) is 14.3. The van der Waals surface area contributed by atoms with E-state index in [1.807, 2.05) is 38.1 Å². The number of benzene rings is 1. The summed E-state index contributed by atoms with van der Waals surface area (Å²) in [4.78, 5) is 15.5. The van der Waals surface area contributed by atoms with Gasteiger partial charge in [-0.2, -0.15) is 0 Å². The van der Waals surface area contributed by atoms with E-state index in [0.717, 1.165) is 17.7 Å². The largest absolute Gasteiger partial charge is 0.370 e. The molecule has 1 rings (SSSR count). The van der Waals surface area contributed by atoms with Crippen LogP contribution < -0.4 is 16.4 Å². The molecule has 4 N–H and O–H groups in total. The summed E-state index contributed by atoms with van der Waals surface area (Å²) in [7, 11) is 0.